The predicted molar refractivity (Wildman–Crippen MR) is 134 cm³/mol. The van der Waals surface area contributed by atoms with Crippen molar-refractivity contribution in [1.82, 2.24) is 20.0 Å². The standard InChI is InChI=1S/C14H17N3OS.C12H11F3N2/c1-16-6-3-2-4-14(18)17-7-5-11-8-12(9-15)19-13(11)10-17;1-2-17-8-10(9-6-4-3-5-7-9)11(16-17)12(13,14)15/h2,4,8,16H,3,5-7,10H2,1H3;3-8H,2H2,1H3/b4-2+;. The Hall–Kier alpha value is -3.42. The van der Waals surface area contributed by atoms with E-state index in [-0.39, 0.29) is 11.5 Å². The number of amides is 1. The van der Waals surface area contributed by atoms with Gasteiger partial charge in [-0.3, -0.25) is 9.48 Å². The van der Waals surface area contributed by atoms with E-state index in [9.17, 15) is 18.0 Å². The van der Waals surface area contributed by atoms with Gasteiger partial charge in [0, 0.05) is 29.7 Å². The normalized spacial score (nSPS) is 13.2. The quantitative estimate of drug-likeness (QED) is 0.359. The maximum Gasteiger partial charge on any atom is 0.435 e. The number of benzene rings is 1. The summed E-state index contributed by atoms with van der Waals surface area (Å²) in [5.41, 5.74) is 1.05. The zero-order valence-corrected chi connectivity index (χ0v) is 21.0. The molecule has 1 amide bonds. The van der Waals surface area contributed by atoms with Crippen molar-refractivity contribution in [1.29, 1.82) is 5.26 Å². The first-order valence-corrected chi connectivity index (χ1v) is 12.4. The molecule has 0 saturated carbocycles. The lowest BCUT2D eigenvalue weighted by Crippen LogP contribution is -2.34. The van der Waals surface area contributed by atoms with Crippen molar-refractivity contribution in [2.75, 3.05) is 20.1 Å². The van der Waals surface area contributed by atoms with Gasteiger partial charge in [0.1, 0.15) is 10.9 Å². The lowest BCUT2D eigenvalue weighted by molar-refractivity contribution is -0.141. The number of rotatable bonds is 6. The molecule has 0 aliphatic carbocycles. The number of thiophene rings is 1. The van der Waals surface area contributed by atoms with Crippen LogP contribution in [-0.2, 0) is 30.5 Å². The number of nitrogens with one attached hydrogen (secondary N) is 1. The topological polar surface area (TPSA) is 74.0 Å². The minimum Gasteiger partial charge on any atom is -0.334 e. The van der Waals surface area contributed by atoms with Crippen molar-refractivity contribution >= 4 is 17.2 Å². The molecule has 3 heterocycles. The minimum atomic E-state index is -4.43. The second-order valence-electron chi connectivity index (χ2n) is 8.09. The average Bonchev–Trinajstić information content (AvgIpc) is 3.51. The zero-order chi connectivity index (χ0) is 26.1. The third kappa shape index (κ3) is 7.06. The Morgan fingerprint density at radius 2 is 2.06 bits per heavy atom. The molecule has 0 bridgehead atoms. The summed E-state index contributed by atoms with van der Waals surface area (Å²) in [5, 5.41) is 15.5. The van der Waals surface area contributed by atoms with E-state index in [0.29, 0.717) is 18.7 Å². The summed E-state index contributed by atoms with van der Waals surface area (Å²) in [6.45, 7) is 4.42. The Morgan fingerprint density at radius 3 is 2.69 bits per heavy atom. The van der Waals surface area contributed by atoms with Gasteiger partial charge in [0.05, 0.1) is 6.54 Å². The van der Waals surface area contributed by atoms with Crippen LogP contribution in [0.5, 0.6) is 0 Å². The van der Waals surface area contributed by atoms with Crippen LogP contribution in [0.3, 0.4) is 0 Å². The highest BCUT2D eigenvalue weighted by Gasteiger charge is 2.37. The number of alkyl halides is 3. The summed E-state index contributed by atoms with van der Waals surface area (Å²) in [5.74, 6) is 0.0636. The molecule has 1 aliphatic heterocycles. The monoisotopic (exact) mass is 515 g/mol. The summed E-state index contributed by atoms with van der Waals surface area (Å²) >= 11 is 1.50. The molecule has 0 atom stereocenters. The molecule has 0 unspecified atom stereocenters. The second kappa shape index (κ2) is 12.5. The van der Waals surface area contributed by atoms with Crippen molar-refractivity contribution in [3.8, 4) is 17.2 Å². The summed E-state index contributed by atoms with van der Waals surface area (Å²) < 4.78 is 39.7. The van der Waals surface area contributed by atoms with Gasteiger partial charge in [0.15, 0.2) is 5.69 Å². The van der Waals surface area contributed by atoms with Gasteiger partial charge in [-0.2, -0.15) is 23.5 Å². The van der Waals surface area contributed by atoms with Crippen LogP contribution in [-0.4, -0.2) is 40.7 Å². The van der Waals surface area contributed by atoms with Crippen molar-refractivity contribution < 1.29 is 18.0 Å². The van der Waals surface area contributed by atoms with Gasteiger partial charge in [-0.1, -0.05) is 36.4 Å². The van der Waals surface area contributed by atoms with Crippen LogP contribution in [0.4, 0.5) is 13.2 Å². The Bertz CT molecular complexity index is 1220. The largest absolute Gasteiger partial charge is 0.435 e. The van der Waals surface area contributed by atoms with Crippen molar-refractivity contribution in [2.24, 2.45) is 0 Å². The Labute approximate surface area is 212 Å². The molecule has 190 valence electrons. The molecule has 10 heteroatoms. The van der Waals surface area contributed by atoms with Gasteiger partial charge in [-0.05, 0) is 56.6 Å². The van der Waals surface area contributed by atoms with E-state index in [4.69, 9.17) is 5.26 Å². The SMILES string of the molecule is CCn1cc(-c2ccccc2)c(C(F)(F)F)n1.CNCC/C=C/C(=O)N1CCc2cc(C#N)sc2C1. The number of fused-ring (bicyclic) bond motifs is 1. The van der Waals surface area contributed by atoms with E-state index in [2.05, 4.69) is 16.5 Å². The summed E-state index contributed by atoms with van der Waals surface area (Å²) in [4.78, 5) is 15.7. The minimum absolute atomic E-state index is 0.0636. The first kappa shape index (κ1) is 27.2. The molecule has 0 radical (unpaired) electrons. The highest BCUT2D eigenvalue weighted by atomic mass is 32.1. The molecule has 36 heavy (non-hydrogen) atoms. The van der Waals surface area contributed by atoms with Crippen LogP contribution in [0, 0.1) is 11.3 Å². The summed E-state index contributed by atoms with van der Waals surface area (Å²) in [7, 11) is 1.89. The van der Waals surface area contributed by atoms with Crippen molar-refractivity contribution in [2.45, 2.75) is 39.0 Å². The fourth-order valence-electron chi connectivity index (χ4n) is 3.70. The van der Waals surface area contributed by atoms with E-state index in [1.54, 1.807) is 43.3 Å². The van der Waals surface area contributed by atoms with Gasteiger partial charge < -0.3 is 10.2 Å². The smallest absolute Gasteiger partial charge is 0.334 e. The molecule has 0 spiro atoms. The first-order valence-electron chi connectivity index (χ1n) is 11.6. The number of nitriles is 1. The van der Waals surface area contributed by atoms with Gasteiger partial charge in [-0.25, -0.2) is 0 Å². The van der Waals surface area contributed by atoms with E-state index in [1.807, 2.05) is 24.1 Å². The van der Waals surface area contributed by atoms with E-state index in [1.165, 1.54) is 27.8 Å². The number of aryl methyl sites for hydroxylation is 1. The van der Waals surface area contributed by atoms with Crippen molar-refractivity contribution in [3.05, 3.63) is 75.8 Å². The number of nitrogens with zero attached hydrogens (tertiary/aromatic N) is 4. The lowest BCUT2D eigenvalue weighted by Gasteiger charge is -2.25. The van der Waals surface area contributed by atoms with Crippen LogP contribution in [0.2, 0.25) is 0 Å². The maximum atomic E-state index is 12.8. The number of carbonyl (C=O) groups is 1. The van der Waals surface area contributed by atoms with Crippen LogP contribution < -0.4 is 5.32 Å². The molecular formula is C26H28F3N5OS. The highest BCUT2D eigenvalue weighted by molar-refractivity contribution is 7.12. The number of halogens is 3. The molecule has 4 rings (SSSR count). The predicted octanol–water partition coefficient (Wildman–Crippen LogP) is 5.26. The Kier molecular flexibility index (Phi) is 9.44. The summed E-state index contributed by atoms with van der Waals surface area (Å²) in [6.07, 6.45) is 2.27. The van der Waals surface area contributed by atoms with E-state index < -0.39 is 11.9 Å². The van der Waals surface area contributed by atoms with Crippen LogP contribution in [0.25, 0.3) is 11.1 Å². The zero-order valence-electron chi connectivity index (χ0n) is 20.2. The molecule has 1 aliphatic rings. The van der Waals surface area contributed by atoms with Crippen LogP contribution >= 0.6 is 11.3 Å². The molecule has 0 fully saturated rings. The molecule has 1 aromatic carbocycles. The third-order valence-electron chi connectivity index (χ3n) is 5.56. The Morgan fingerprint density at radius 1 is 1.31 bits per heavy atom. The van der Waals surface area contributed by atoms with Gasteiger partial charge in [0.25, 0.3) is 0 Å². The lowest BCUT2D eigenvalue weighted by atomic mass is 10.1. The van der Waals surface area contributed by atoms with Gasteiger partial charge in [-0.15, -0.1) is 11.3 Å². The molecule has 3 aromatic rings. The van der Waals surface area contributed by atoms with E-state index >= 15 is 0 Å². The van der Waals surface area contributed by atoms with Crippen LogP contribution in [0.1, 0.15) is 34.4 Å². The third-order valence-corrected chi connectivity index (χ3v) is 6.63. The fourth-order valence-corrected chi connectivity index (χ4v) is 4.73. The Balaban J connectivity index is 0.000000202. The molecule has 6 nitrogen and oxygen atoms in total. The second-order valence-corrected chi connectivity index (χ2v) is 9.22. The van der Waals surface area contributed by atoms with Crippen molar-refractivity contribution in [3.63, 3.8) is 0 Å². The molecular weight excluding hydrogens is 487 g/mol. The van der Waals surface area contributed by atoms with Gasteiger partial charge in [0.2, 0.25) is 5.91 Å². The number of carbonyl (C=O) groups excluding carboxylic acids is 1. The number of aromatic nitrogens is 2. The fraction of sp³-hybridized carbons (Fsp3) is 0.346. The molecule has 2 aromatic heterocycles. The highest BCUT2D eigenvalue weighted by Crippen LogP contribution is 2.35. The number of hydrogen-bond acceptors (Lipinski definition) is 5. The van der Waals surface area contributed by atoms with Gasteiger partial charge >= 0.3 is 6.18 Å². The maximum absolute atomic E-state index is 12.8. The van der Waals surface area contributed by atoms with E-state index in [0.717, 1.165) is 35.7 Å². The first-order chi connectivity index (χ1) is 17.3. The molecule has 1 N–H and O–H groups in total. The van der Waals surface area contributed by atoms with Crippen LogP contribution in [0.15, 0.2) is 54.7 Å². The summed E-state index contributed by atoms with van der Waals surface area (Å²) in [6, 6.07) is 12.6. The molecule has 0 saturated heterocycles. The number of hydrogen-bond donors (Lipinski definition) is 1. The average molecular weight is 516 g/mol.